The lowest BCUT2D eigenvalue weighted by Crippen LogP contribution is -2.40. The van der Waals surface area contributed by atoms with Crippen LogP contribution in [0.2, 0.25) is 0 Å². The second-order valence-corrected chi connectivity index (χ2v) is 7.64. The van der Waals surface area contributed by atoms with Crippen molar-refractivity contribution in [3.05, 3.63) is 23.9 Å². The van der Waals surface area contributed by atoms with Crippen LogP contribution in [0.3, 0.4) is 0 Å². The number of nitrogens with one attached hydrogen (secondary N) is 3. The Morgan fingerprint density at radius 1 is 1.32 bits per heavy atom. The van der Waals surface area contributed by atoms with E-state index in [0.29, 0.717) is 17.2 Å². The van der Waals surface area contributed by atoms with Gasteiger partial charge in [0, 0.05) is 6.04 Å². The number of benzene rings is 1. The van der Waals surface area contributed by atoms with E-state index in [1.165, 1.54) is 13.3 Å². The summed E-state index contributed by atoms with van der Waals surface area (Å²) in [5.41, 5.74) is 3.77. The Balaban J connectivity index is 1.82. The molecule has 0 saturated heterocycles. The van der Waals surface area contributed by atoms with Crippen molar-refractivity contribution in [3.8, 4) is 11.5 Å². The topological polar surface area (TPSA) is 116 Å². The van der Waals surface area contributed by atoms with Crippen molar-refractivity contribution in [3.63, 3.8) is 0 Å². The molecule has 146 valence electrons. The largest absolute Gasteiger partial charge is 0.453 e. The van der Waals surface area contributed by atoms with Crippen LogP contribution in [0, 0.1) is 0 Å². The van der Waals surface area contributed by atoms with Crippen LogP contribution in [0.15, 0.2) is 18.3 Å². The maximum absolute atomic E-state index is 12.9. The summed E-state index contributed by atoms with van der Waals surface area (Å²) >= 11 is 0. The number of carbonyl (C=O) groups is 2. The van der Waals surface area contributed by atoms with Crippen LogP contribution < -0.4 is 10.2 Å². The minimum atomic E-state index is -0.606. The highest BCUT2D eigenvalue weighted by molar-refractivity contribution is 6.10. The van der Waals surface area contributed by atoms with Gasteiger partial charge >= 0.3 is 6.09 Å². The van der Waals surface area contributed by atoms with Gasteiger partial charge in [-0.2, -0.15) is 5.10 Å². The highest BCUT2D eigenvalue weighted by Crippen LogP contribution is 2.44. The van der Waals surface area contributed by atoms with Crippen LogP contribution >= 0.6 is 0 Å². The molecule has 1 aliphatic rings. The molecule has 0 aliphatic carbocycles. The van der Waals surface area contributed by atoms with E-state index in [2.05, 4.69) is 30.2 Å². The minimum Gasteiger partial charge on any atom is -0.453 e. The van der Waals surface area contributed by atoms with Gasteiger partial charge in [0.15, 0.2) is 5.82 Å². The van der Waals surface area contributed by atoms with Gasteiger partial charge in [-0.25, -0.2) is 9.78 Å². The smallest absolute Gasteiger partial charge is 0.411 e. The monoisotopic (exact) mass is 382 g/mol. The molecule has 0 saturated carbocycles. The molecular weight excluding hydrogens is 360 g/mol. The van der Waals surface area contributed by atoms with E-state index in [9.17, 15) is 9.59 Å². The van der Waals surface area contributed by atoms with E-state index in [1.807, 2.05) is 44.7 Å². The molecule has 3 heterocycles. The molecule has 3 aromatic rings. The van der Waals surface area contributed by atoms with Crippen LogP contribution in [0.4, 0.5) is 16.2 Å². The molecule has 0 radical (unpaired) electrons. The summed E-state index contributed by atoms with van der Waals surface area (Å²) in [6.07, 6.45) is 0.896. The number of aromatic nitrogens is 4. The third-order valence-corrected chi connectivity index (χ3v) is 5.10. The molecule has 9 heteroatoms. The lowest BCUT2D eigenvalue weighted by Gasteiger charge is -2.24. The molecule has 9 nitrogen and oxygen atoms in total. The Kier molecular flexibility index (Phi) is 3.91. The number of anilines is 2. The number of fused-ring (bicyclic) bond motifs is 2. The van der Waals surface area contributed by atoms with E-state index in [1.54, 1.807) is 0 Å². The van der Waals surface area contributed by atoms with Crippen molar-refractivity contribution in [2.45, 2.75) is 39.2 Å². The fraction of sp³-hybridized carbons (Fsp3) is 0.368. The summed E-state index contributed by atoms with van der Waals surface area (Å²) < 4.78 is 4.63. The number of amides is 2. The molecule has 0 bridgehead atoms. The molecule has 1 aliphatic heterocycles. The lowest BCUT2D eigenvalue weighted by atomic mass is 9.86. The predicted molar refractivity (Wildman–Crippen MR) is 105 cm³/mol. The van der Waals surface area contributed by atoms with E-state index in [0.717, 1.165) is 22.3 Å². The van der Waals surface area contributed by atoms with E-state index >= 15 is 0 Å². The molecule has 2 aromatic heterocycles. The van der Waals surface area contributed by atoms with Gasteiger partial charge in [0.2, 0.25) is 5.91 Å². The van der Waals surface area contributed by atoms with Crippen molar-refractivity contribution in [1.82, 2.24) is 20.2 Å². The Labute approximate surface area is 161 Å². The highest BCUT2D eigenvalue weighted by Gasteiger charge is 2.45. The Morgan fingerprint density at radius 2 is 2.07 bits per heavy atom. The van der Waals surface area contributed by atoms with Crippen molar-refractivity contribution in [1.29, 1.82) is 0 Å². The van der Waals surface area contributed by atoms with E-state index < -0.39 is 11.5 Å². The zero-order valence-electron chi connectivity index (χ0n) is 16.4. The Morgan fingerprint density at radius 3 is 2.75 bits per heavy atom. The molecule has 4 rings (SSSR count). The first-order valence-electron chi connectivity index (χ1n) is 9.00. The van der Waals surface area contributed by atoms with Crippen LogP contribution in [-0.2, 0) is 14.9 Å². The average molecular weight is 382 g/mol. The second-order valence-electron chi connectivity index (χ2n) is 7.64. The fourth-order valence-corrected chi connectivity index (χ4v) is 3.62. The predicted octanol–water partition coefficient (Wildman–Crippen LogP) is 3.16. The van der Waals surface area contributed by atoms with E-state index in [-0.39, 0.29) is 11.9 Å². The summed E-state index contributed by atoms with van der Waals surface area (Å²) in [7, 11) is 1.29. The normalized spacial score (nSPS) is 15.4. The van der Waals surface area contributed by atoms with Crippen LogP contribution in [0.1, 0.15) is 33.3 Å². The zero-order valence-corrected chi connectivity index (χ0v) is 16.4. The van der Waals surface area contributed by atoms with Crippen molar-refractivity contribution >= 4 is 34.4 Å². The van der Waals surface area contributed by atoms with Crippen LogP contribution in [0.5, 0.6) is 0 Å². The summed E-state index contributed by atoms with van der Waals surface area (Å²) in [6.45, 7) is 7.87. The van der Waals surface area contributed by atoms with Gasteiger partial charge in [-0.15, -0.1) is 0 Å². The number of H-pyrrole nitrogens is 2. The number of nitrogens with zero attached hydrogens (tertiary/aromatic N) is 3. The summed E-state index contributed by atoms with van der Waals surface area (Å²) in [4.78, 5) is 34.1. The quantitative estimate of drug-likeness (QED) is 0.643. The average Bonchev–Trinajstić information content (AvgIpc) is 3.30. The van der Waals surface area contributed by atoms with Gasteiger partial charge in [0.05, 0.1) is 41.1 Å². The molecule has 3 N–H and O–H groups in total. The third-order valence-electron chi connectivity index (χ3n) is 5.10. The molecule has 2 amide bonds. The number of imidazole rings is 1. The first kappa shape index (κ1) is 18.0. The second kappa shape index (κ2) is 6.08. The molecule has 0 spiro atoms. The van der Waals surface area contributed by atoms with Gasteiger partial charge in [-0.1, -0.05) is 0 Å². The number of methoxy groups -OCH3 is 1. The van der Waals surface area contributed by atoms with Crippen molar-refractivity contribution < 1.29 is 14.3 Å². The number of aromatic amines is 2. The molecule has 28 heavy (non-hydrogen) atoms. The SMILES string of the molecule is COC(=O)Nc1cn[nH]c1-c1nc2cc3c(cc2[nH]1)C(C)(C)C(=O)N3C(C)C. The lowest BCUT2D eigenvalue weighted by molar-refractivity contribution is -0.122. The Hall–Kier alpha value is -3.36. The Bertz CT molecular complexity index is 1090. The molecule has 0 atom stereocenters. The minimum absolute atomic E-state index is 0.0485. The molecule has 0 fully saturated rings. The summed E-state index contributed by atoms with van der Waals surface area (Å²) in [5.74, 6) is 0.617. The number of hydrogen-bond donors (Lipinski definition) is 3. The first-order chi connectivity index (χ1) is 13.2. The number of hydrogen-bond acceptors (Lipinski definition) is 5. The third kappa shape index (κ3) is 2.54. The summed E-state index contributed by atoms with van der Waals surface area (Å²) in [5, 5.41) is 9.42. The molecular formula is C19H22N6O3. The fourth-order valence-electron chi connectivity index (χ4n) is 3.62. The zero-order chi connectivity index (χ0) is 20.2. The molecule has 0 unspecified atom stereocenters. The van der Waals surface area contributed by atoms with Gasteiger partial charge in [0.1, 0.15) is 5.69 Å². The van der Waals surface area contributed by atoms with E-state index in [4.69, 9.17) is 0 Å². The maximum atomic E-state index is 12.9. The van der Waals surface area contributed by atoms with Crippen molar-refractivity contribution in [2.24, 2.45) is 0 Å². The highest BCUT2D eigenvalue weighted by atomic mass is 16.5. The maximum Gasteiger partial charge on any atom is 0.411 e. The van der Waals surface area contributed by atoms with Gasteiger partial charge in [0.25, 0.3) is 0 Å². The summed E-state index contributed by atoms with van der Waals surface area (Å²) in [6, 6.07) is 3.96. The first-order valence-corrected chi connectivity index (χ1v) is 9.00. The van der Waals surface area contributed by atoms with Crippen molar-refractivity contribution in [2.75, 3.05) is 17.3 Å². The number of rotatable bonds is 3. The van der Waals surface area contributed by atoms with Gasteiger partial charge in [-0.3, -0.25) is 15.2 Å². The number of carbonyl (C=O) groups excluding carboxylic acids is 2. The molecule has 1 aromatic carbocycles. The standard InChI is InChI=1S/C19H22N6O3/c1-9(2)25-14-7-12-11(6-10(14)19(3,4)17(25)26)21-16(22-12)15-13(8-20-24-15)23-18(27)28-5/h6-9H,1-5H3,(H,20,24)(H,21,22)(H,23,27). The van der Waals surface area contributed by atoms with Crippen LogP contribution in [-0.4, -0.2) is 45.3 Å². The van der Waals surface area contributed by atoms with Gasteiger partial charge < -0.3 is 14.6 Å². The van der Waals surface area contributed by atoms with Gasteiger partial charge in [-0.05, 0) is 45.4 Å². The number of ether oxygens (including phenoxy) is 1. The van der Waals surface area contributed by atoms with Crippen LogP contribution in [0.25, 0.3) is 22.6 Å².